The number of hydrogen-bond donors (Lipinski definition) is 1. The van der Waals surface area contributed by atoms with Gasteiger partial charge in [-0.25, -0.2) is 14.8 Å². The van der Waals surface area contributed by atoms with Gasteiger partial charge in [0, 0.05) is 13.1 Å². The van der Waals surface area contributed by atoms with E-state index in [1.807, 2.05) is 19.2 Å². The summed E-state index contributed by atoms with van der Waals surface area (Å²) in [7, 11) is 0. The third kappa shape index (κ3) is 2.89. The molecule has 0 unspecified atom stereocenters. The molecule has 4 heterocycles. The molecule has 0 saturated heterocycles. The molecule has 0 aliphatic heterocycles. The van der Waals surface area contributed by atoms with Crippen molar-refractivity contribution in [2.75, 3.05) is 0 Å². The minimum absolute atomic E-state index is 0.154. The van der Waals surface area contributed by atoms with Gasteiger partial charge in [0.2, 0.25) is 0 Å². The third-order valence-corrected chi connectivity index (χ3v) is 5.60. The molecule has 9 nitrogen and oxygen atoms in total. The van der Waals surface area contributed by atoms with E-state index in [1.165, 1.54) is 26.8 Å². The molecule has 4 aromatic rings. The Morgan fingerprint density at radius 3 is 2.75 bits per heavy atom. The van der Waals surface area contributed by atoms with Gasteiger partial charge in [0.15, 0.2) is 11.2 Å². The van der Waals surface area contributed by atoms with Gasteiger partial charge in [0.25, 0.3) is 11.1 Å². The van der Waals surface area contributed by atoms with E-state index in [-0.39, 0.29) is 12.1 Å². The zero-order chi connectivity index (χ0) is 19.8. The normalized spacial score (nSPS) is 11.6. The number of unbranched alkanes of at least 4 members (excludes halogenated alkanes) is 1. The van der Waals surface area contributed by atoms with Crippen LogP contribution in [0, 0.1) is 0 Å². The predicted molar refractivity (Wildman–Crippen MR) is 108 cm³/mol. The van der Waals surface area contributed by atoms with Crippen molar-refractivity contribution < 1.29 is 0 Å². The number of nitrogens with zero attached hydrogens (tertiary/aromatic N) is 5. The molecule has 10 heteroatoms. The fraction of sp³-hybridized carbons (Fsp3) is 0.389. The molecule has 146 valence electrons. The molecule has 1 N–H and O–H groups in total. The van der Waals surface area contributed by atoms with Gasteiger partial charge in [-0.1, -0.05) is 13.3 Å². The van der Waals surface area contributed by atoms with Gasteiger partial charge in [-0.15, -0.1) is 11.3 Å². The van der Waals surface area contributed by atoms with Crippen LogP contribution in [0.3, 0.4) is 0 Å². The Hall–Kier alpha value is -3.01. The van der Waals surface area contributed by atoms with Crippen molar-refractivity contribution >= 4 is 32.7 Å². The summed E-state index contributed by atoms with van der Waals surface area (Å²) in [6.07, 6.45) is 3.21. The maximum atomic E-state index is 12.7. The van der Waals surface area contributed by atoms with Crippen LogP contribution in [0.5, 0.6) is 0 Å². The number of rotatable bonds is 6. The van der Waals surface area contributed by atoms with Gasteiger partial charge in [-0.3, -0.25) is 23.7 Å². The van der Waals surface area contributed by atoms with E-state index >= 15 is 0 Å². The summed E-state index contributed by atoms with van der Waals surface area (Å²) in [5, 5.41) is 2.39. The molecular weight excluding hydrogens is 380 g/mol. The van der Waals surface area contributed by atoms with Crippen molar-refractivity contribution in [3.8, 4) is 0 Å². The molecule has 0 amide bonds. The highest BCUT2D eigenvalue weighted by Gasteiger charge is 2.18. The van der Waals surface area contributed by atoms with E-state index in [4.69, 9.17) is 0 Å². The lowest BCUT2D eigenvalue weighted by atomic mass is 10.3. The number of nitrogens with one attached hydrogen (secondary N) is 1. The van der Waals surface area contributed by atoms with Gasteiger partial charge in [0.05, 0.1) is 18.3 Å². The number of imidazole rings is 1. The molecule has 0 atom stereocenters. The SMILES string of the molecule is CCCCn1c(=O)[nH]c(=O)c2c1nc(Cn1cnc3sccc3c1=O)n2CC. The lowest BCUT2D eigenvalue weighted by Gasteiger charge is -2.07. The lowest BCUT2D eigenvalue weighted by molar-refractivity contribution is 0.612. The molecule has 0 spiro atoms. The summed E-state index contributed by atoms with van der Waals surface area (Å²) in [6.45, 7) is 5.06. The Morgan fingerprint density at radius 1 is 1.18 bits per heavy atom. The highest BCUT2D eigenvalue weighted by molar-refractivity contribution is 7.16. The molecule has 4 aromatic heterocycles. The molecular formula is C18H20N6O3S. The van der Waals surface area contributed by atoms with Crippen LogP contribution in [-0.4, -0.2) is 28.7 Å². The summed E-state index contributed by atoms with van der Waals surface area (Å²) in [5.41, 5.74) is -0.371. The first-order valence-corrected chi connectivity index (χ1v) is 10.1. The van der Waals surface area contributed by atoms with E-state index in [9.17, 15) is 14.4 Å². The van der Waals surface area contributed by atoms with Crippen molar-refractivity contribution in [1.29, 1.82) is 0 Å². The van der Waals surface area contributed by atoms with Gasteiger partial charge in [-0.05, 0) is 24.8 Å². The number of H-pyrrole nitrogens is 1. The van der Waals surface area contributed by atoms with Crippen LogP contribution in [0.2, 0.25) is 0 Å². The summed E-state index contributed by atoms with van der Waals surface area (Å²) >= 11 is 1.41. The number of aromatic amines is 1. The number of thiophene rings is 1. The monoisotopic (exact) mass is 400 g/mol. The van der Waals surface area contributed by atoms with Gasteiger partial charge >= 0.3 is 5.69 Å². The molecule has 0 aromatic carbocycles. The topological polar surface area (TPSA) is 108 Å². The van der Waals surface area contributed by atoms with Gasteiger partial charge in [0.1, 0.15) is 10.7 Å². The van der Waals surface area contributed by atoms with Crippen molar-refractivity contribution in [2.24, 2.45) is 0 Å². The molecule has 0 aliphatic carbocycles. The van der Waals surface area contributed by atoms with Crippen LogP contribution < -0.4 is 16.8 Å². The first-order valence-electron chi connectivity index (χ1n) is 9.20. The van der Waals surface area contributed by atoms with Gasteiger partial charge in [-0.2, -0.15) is 0 Å². The molecule has 0 radical (unpaired) electrons. The highest BCUT2D eigenvalue weighted by atomic mass is 32.1. The maximum Gasteiger partial charge on any atom is 0.330 e. The third-order valence-electron chi connectivity index (χ3n) is 4.78. The first-order chi connectivity index (χ1) is 13.5. The van der Waals surface area contributed by atoms with E-state index in [0.29, 0.717) is 40.3 Å². The summed E-state index contributed by atoms with van der Waals surface area (Å²) in [6, 6.07) is 1.75. The number of aryl methyl sites for hydroxylation is 2. The second kappa shape index (κ2) is 7.19. The van der Waals surface area contributed by atoms with E-state index < -0.39 is 11.2 Å². The quantitative estimate of drug-likeness (QED) is 0.528. The zero-order valence-electron chi connectivity index (χ0n) is 15.6. The standard InChI is InChI=1S/C18H20N6O3S/c1-3-5-7-24-14-13(15(25)21-18(24)27)23(4-2)12(20-14)9-22-10-19-16-11(17(22)26)6-8-28-16/h6,8,10H,3-5,7,9H2,1-2H3,(H,21,25,27). The smallest absolute Gasteiger partial charge is 0.321 e. The van der Waals surface area contributed by atoms with Crippen molar-refractivity contribution in [3.63, 3.8) is 0 Å². The molecule has 28 heavy (non-hydrogen) atoms. The second-order valence-corrected chi connectivity index (χ2v) is 7.42. The van der Waals surface area contributed by atoms with Crippen LogP contribution in [0.1, 0.15) is 32.5 Å². The minimum Gasteiger partial charge on any atom is -0.321 e. The Balaban J connectivity index is 1.90. The number of hydrogen-bond acceptors (Lipinski definition) is 6. The fourth-order valence-electron chi connectivity index (χ4n) is 3.36. The number of fused-ring (bicyclic) bond motifs is 2. The van der Waals surface area contributed by atoms with E-state index in [1.54, 1.807) is 10.6 Å². The molecule has 0 bridgehead atoms. The highest BCUT2D eigenvalue weighted by Crippen LogP contribution is 2.15. The Bertz CT molecular complexity index is 1340. The number of aromatic nitrogens is 6. The minimum atomic E-state index is -0.466. The van der Waals surface area contributed by atoms with Crippen molar-refractivity contribution in [3.05, 3.63) is 54.8 Å². The van der Waals surface area contributed by atoms with E-state index in [2.05, 4.69) is 15.0 Å². The second-order valence-electron chi connectivity index (χ2n) is 6.53. The summed E-state index contributed by atoms with van der Waals surface area (Å²) in [4.78, 5) is 49.4. The van der Waals surface area contributed by atoms with Gasteiger partial charge < -0.3 is 4.57 Å². The van der Waals surface area contributed by atoms with Crippen LogP contribution in [0.4, 0.5) is 0 Å². The Morgan fingerprint density at radius 2 is 2.00 bits per heavy atom. The Kier molecular flexibility index (Phi) is 4.71. The van der Waals surface area contributed by atoms with Crippen molar-refractivity contribution in [2.45, 2.75) is 46.3 Å². The molecule has 0 saturated carbocycles. The van der Waals surface area contributed by atoms with Crippen LogP contribution in [0.25, 0.3) is 21.4 Å². The van der Waals surface area contributed by atoms with Crippen LogP contribution in [-0.2, 0) is 19.6 Å². The average Bonchev–Trinajstić information content (AvgIpc) is 3.29. The summed E-state index contributed by atoms with van der Waals surface area (Å²) in [5.74, 6) is 0.539. The van der Waals surface area contributed by atoms with E-state index in [0.717, 1.165) is 12.8 Å². The largest absolute Gasteiger partial charge is 0.330 e. The molecule has 0 fully saturated rings. The zero-order valence-corrected chi connectivity index (χ0v) is 16.5. The molecule has 0 aliphatic rings. The van der Waals surface area contributed by atoms with Crippen LogP contribution >= 0.6 is 11.3 Å². The Labute approximate surface area is 162 Å². The fourth-order valence-corrected chi connectivity index (χ4v) is 4.08. The predicted octanol–water partition coefficient (Wildman–Crippen LogP) is 1.53. The first kappa shape index (κ1) is 18.4. The average molecular weight is 400 g/mol. The van der Waals surface area contributed by atoms with Crippen LogP contribution in [0.15, 0.2) is 32.2 Å². The molecule has 4 rings (SSSR count). The van der Waals surface area contributed by atoms with Crippen molar-refractivity contribution in [1.82, 2.24) is 28.7 Å². The maximum absolute atomic E-state index is 12.7. The summed E-state index contributed by atoms with van der Waals surface area (Å²) < 4.78 is 4.73. The lowest BCUT2D eigenvalue weighted by Crippen LogP contribution is -2.31.